The summed E-state index contributed by atoms with van der Waals surface area (Å²) in [5, 5.41) is 0. The molecule has 0 bridgehead atoms. The van der Waals surface area contributed by atoms with Crippen molar-refractivity contribution in [2.45, 2.75) is 51.4 Å². The van der Waals surface area contributed by atoms with Crippen LogP contribution in [0.25, 0.3) is 0 Å². The van der Waals surface area contributed by atoms with E-state index in [-0.39, 0.29) is 19.3 Å². The van der Waals surface area contributed by atoms with Crippen molar-refractivity contribution in [3.63, 3.8) is 0 Å². The minimum Gasteiger partial charge on any atom is -0.424 e. The molecule has 122 valence electrons. The molecule has 0 unspecified atom stereocenters. The van der Waals surface area contributed by atoms with E-state index in [9.17, 15) is 0 Å². The molecule has 1 aromatic heterocycles. The van der Waals surface area contributed by atoms with E-state index in [1.807, 2.05) is 12.5 Å². The van der Waals surface area contributed by atoms with Crippen LogP contribution < -0.4 is 0 Å². The van der Waals surface area contributed by atoms with E-state index in [0.29, 0.717) is 0 Å². The molecule has 0 amide bonds. The van der Waals surface area contributed by atoms with Crippen molar-refractivity contribution in [3.8, 4) is 0 Å². The van der Waals surface area contributed by atoms with Crippen LogP contribution in [0.5, 0.6) is 0 Å². The van der Waals surface area contributed by atoms with Gasteiger partial charge in [0, 0.05) is 35.1 Å². The molecular formula is C15H33N3OSi2. The Balaban J connectivity index is 2.16. The molecule has 6 heteroatoms. The molecule has 0 radical (unpaired) electrons. The lowest BCUT2D eigenvalue weighted by Gasteiger charge is -2.22. The van der Waals surface area contributed by atoms with Crippen molar-refractivity contribution >= 4 is 19.3 Å². The monoisotopic (exact) mass is 327 g/mol. The number of rotatable bonds is 14. The second-order valence-corrected chi connectivity index (χ2v) is 8.84. The van der Waals surface area contributed by atoms with Crippen molar-refractivity contribution in [1.82, 2.24) is 14.5 Å². The summed E-state index contributed by atoms with van der Waals surface area (Å²) < 4.78 is 7.74. The fourth-order valence-electron chi connectivity index (χ4n) is 2.50. The molecule has 0 saturated carbocycles. The number of hydrogen-bond donors (Lipinski definition) is 0. The molecule has 0 saturated heterocycles. The molecule has 0 aliphatic carbocycles. The standard InChI is InChI=1S/C15H33N3OSi2/c1-3-19-21-14-6-11-17(10-5-13-20-2)8-4-9-18-12-7-16-15-18/h7,12,15H,3-6,8-11,13-14,20-21H2,1-2H3. The van der Waals surface area contributed by atoms with E-state index >= 15 is 0 Å². The summed E-state index contributed by atoms with van der Waals surface area (Å²) in [6, 6.07) is 2.82. The summed E-state index contributed by atoms with van der Waals surface area (Å²) in [5.74, 6) is 0. The molecule has 0 fully saturated rings. The summed E-state index contributed by atoms with van der Waals surface area (Å²) >= 11 is 0. The molecular weight excluding hydrogens is 294 g/mol. The largest absolute Gasteiger partial charge is 0.424 e. The van der Waals surface area contributed by atoms with Crippen molar-refractivity contribution in [2.24, 2.45) is 0 Å². The van der Waals surface area contributed by atoms with Gasteiger partial charge in [0.1, 0.15) is 0 Å². The highest BCUT2D eigenvalue weighted by Crippen LogP contribution is 2.03. The molecule has 1 rings (SSSR count). The molecule has 0 aliphatic heterocycles. The van der Waals surface area contributed by atoms with Crippen LogP contribution in [0.4, 0.5) is 0 Å². The molecule has 21 heavy (non-hydrogen) atoms. The fourth-order valence-corrected chi connectivity index (χ4v) is 4.14. The van der Waals surface area contributed by atoms with Crippen LogP contribution in [-0.4, -0.2) is 60.0 Å². The van der Waals surface area contributed by atoms with Crippen LogP contribution in [0, 0.1) is 0 Å². The van der Waals surface area contributed by atoms with Crippen LogP contribution in [0.2, 0.25) is 18.6 Å². The lowest BCUT2D eigenvalue weighted by molar-refractivity contribution is 0.264. The number of aryl methyl sites for hydroxylation is 1. The Morgan fingerprint density at radius 2 is 1.90 bits per heavy atom. The zero-order valence-electron chi connectivity index (χ0n) is 14.0. The van der Waals surface area contributed by atoms with Gasteiger partial charge in [-0.15, -0.1) is 0 Å². The Morgan fingerprint density at radius 1 is 1.14 bits per heavy atom. The molecule has 0 atom stereocenters. The summed E-state index contributed by atoms with van der Waals surface area (Å²) in [6.07, 6.45) is 9.78. The predicted molar refractivity (Wildman–Crippen MR) is 96.7 cm³/mol. The first-order valence-corrected chi connectivity index (χ1v) is 12.6. The summed E-state index contributed by atoms with van der Waals surface area (Å²) in [5.41, 5.74) is 0. The predicted octanol–water partition coefficient (Wildman–Crippen LogP) is 1.53. The summed E-state index contributed by atoms with van der Waals surface area (Å²) in [4.78, 5) is 6.77. The van der Waals surface area contributed by atoms with Gasteiger partial charge in [0.2, 0.25) is 0 Å². The maximum Gasteiger partial charge on any atom is 0.161 e. The molecule has 1 heterocycles. The average Bonchev–Trinajstić information content (AvgIpc) is 3.00. The van der Waals surface area contributed by atoms with Crippen molar-refractivity contribution in [1.29, 1.82) is 0 Å². The third kappa shape index (κ3) is 10.0. The van der Waals surface area contributed by atoms with Crippen LogP contribution >= 0.6 is 0 Å². The van der Waals surface area contributed by atoms with Gasteiger partial charge in [-0.25, -0.2) is 4.98 Å². The topological polar surface area (TPSA) is 30.3 Å². The van der Waals surface area contributed by atoms with Crippen LogP contribution in [0.3, 0.4) is 0 Å². The molecule has 0 aliphatic rings. The van der Waals surface area contributed by atoms with Gasteiger partial charge in [0.25, 0.3) is 0 Å². The van der Waals surface area contributed by atoms with Gasteiger partial charge in [-0.05, 0) is 51.9 Å². The quantitative estimate of drug-likeness (QED) is 0.383. The second kappa shape index (κ2) is 13.2. The molecule has 1 aromatic rings. The van der Waals surface area contributed by atoms with Crippen LogP contribution in [0.1, 0.15) is 26.2 Å². The zero-order chi connectivity index (χ0) is 15.2. The highest BCUT2D eigenvalue weighted by Gasteiger charge is 2.04. The smallest absolute Gasteiger partial charge is 0.161 e. The minimum absolute atomic E-state index is 0.235. The number of hydrogen-bond acceptors (Lipinski definition) is 3. The number of imidazole rings is 1. The first-order valence-electron chi connectivity index (χ1n) is 8.62. The Morgan fingerprint density at radius 3 is 2.57 bits per heavy atom. The van der Waals surface area contributed by atoms with Gasteiger partial charge < -0.3 is 13.9 Å². The van der Waals surface area contributed by atoms with Crippen molar-refractivity contribution in [2.75, 3.05) is 26.2 Å². The third-order valence-electron chi connectivity index (χ3n) is 3.74. The third-order valence-corrected chi connectivity index (χ3v) is 6.44. The zero-order valence-corrected chi connectivity index (χ0v) is 16.8. The van der Waals surface area contributed by atoms with E-state index in [0.717, 1.165) is 13.2 Å². The average molecular weight is 328 g/mol. The first-order chi connectivity index (χ1) is 10.4. The van der Waals surface area contributed by atoms with Crippen molar-refractivity contribution in [3.05, 3.63) is 18.7 Å². The Hall–Kier alpha value is -0.436. The lowest BCUT2D eigenvalue weighted by atomic mass is 10.3. The molecule has 4 nitrogen and oxygen atoms in total. The van der Waals surface area contributed by atoms with E-state index in [1.54, 1.807) is 0 Å². The minimum atomic E-state index is -0.241. The Kier molecular flexibility index (Phi) is 11.7. The normalized spacial score (nSPS) is 12.5. The molecule has 0 N–H and O–H groups in total. The lowest BCUT2D eigenvalue weighted by Crippen LogP contribution is -2.28. The van der Waals surface area contributed by atoms with Gasteiger partial charge >= 0.3 is 0 Å². The SMILES string of the molecule is CCO[SiH2]CCCN(CCC[SiH2]C)CCCn1ccnc1. The number of aromatic nitrogens is 2. The van der Waals surface area contributed by atoms with E-state index in [4.69, 9.17) is 4.43 Å². The summed E-state index contributed by atoms with van der Waals surface area (Å²) in [7, 11) is -0.00626. The van der Waals surface area contributed by atoms with Gasteiger partial charge in [0.05, 0.1) is 6.33 Å². The first kappa shape index (κ1) is 18.6. The van der Waals surface area contributed by atoms with Crippen LogP contribution in [-0.2, 0) is 11.0 Å². The Labute approximate surface area is 135 Å². The second-order valence-electron chi connectivity index (χ2n) is 5.61. The van der Waals surface area contributed by atoms with Gasteiger partial charge in [-0.2, -0.15) is 0 Å². The van der Waals surface area contributed by atoms with E-state index in [1.165, 1.54) is 51.0 Å². The molecule has 0 aromatic carbocycles. The Bertz CT molecular complexity index is 323. The van der Waals surface area contributed by atoms with Gasteiger partial charge in [0.15, 0.2) is 9.76 Å². The molecule has 0 spiro atoms. The van der Waals surface area contributed by atoms with Gasteiger partial charge in [-0.3, -0.25) is 0 Å². The van der Waals surface area contributed by atoms with Crippen molar-refractivity contribution < 1.29 is 4.43 Å². The highest BCUT2D eigenvalue weighted by atomic mass is 28.2. The number of nitrogens with zero attached hydrogens (tertiary/aromatic N) is 3. The maximum absolute atomic E-state index is 5.56. The summed E-state index contributed by atoms with van der Waals surface area (Å²) in [6.45, 7) is 10.3. The highest BCUT2D eigenvalue weighted by molar-refractivity contribution is 6.33. The fraction of sp³-hybridized carbons (Fsp3) is 0.800. The van der Waals surface area contributed by atoms with Gasteiger partial charge in [-0.1, -0.05) is 12.6 Å². The van der Waals surface area contributed by atoms with Crippen LogP contribution in [0.15, 0.2) is 18.7 Å². The van der Waals surface area contributed by atoms with E-state index in [2.05, 4.69) is 34.1 Å². The van der Waals surface area contributed by atoms with E-state index < -0.39 is 0 Å². The maximum atomic E-state index is 5.56.